The minimum absolute atomic E-state index is 0. The van der Waals surface area contributed by atoms with Crippen molar-refractivity contribution in [2.75, 3.05) is 26.7 Å². The van der Waals surface area contributed by atoms with Crippen LogP contribution in [0.4, 0.5) is 0 Å². The average Bonchev–Trinajstić information content (AvgIpc) is 3.38. The van der Waals surface area contributed by atoms with Gasteiger partial charge in [0.1, 0.15) is 0 Å². The Morgan fingerprint density at radius 1 is 1.30 bits per heavy atom. The standard InChI is InChI=1S/C19H34N6O.HI/c1-14(2)18-23-17(26-24-18)9-6-11-21-19(20-3)22-15-10-12-25(13-15)16-7-4-5-8-16;/h14-16H,4-13H2,1-3H3,(H2,20,21,22);1H. The Bertz CT molecular complexity index is 585. The Hall–Kier alpha value is -0.900. The second kappa shape index (κ2) is 11.2. The van der Waals surface area contributed by atoms with Crippen LogP contribution in [0.3, 0.4) is 0 Å². The number of nitrogens with one attached hydrogen (secondary N) is 2. The molecule has 0 radical (unpaired) electrons. The maximum absolute atomic E-state index is 5.29. The van der Waals surface area contributed by atoms with Gasteiger partial charge in [0.2, 0.25) is 5.89 Å². The molecule has 7 nitrogen and oxygen atoms in total. The third kappa shape index (κ3) is 6.58. The van der Waals surface area contributed by atoms with E-state index in [0.29, 0.717) is 12.0 Å². The minimum Gasteiger partial charge on any atom is -0.356 e. The van der Waals surface area contributed by atoms with Crippen LogP contribution in [-0.2, 0) is 6.42 Å². The molecular formula is C19H35IN6O. The van der Waals surface area contributed by atoms with Crippen LogP contribution in [0.1, 0.15) is 70.0 Å². The zero-order valence-corrected chi connectivity index (χ0v) is 19.2. The number of likely N-dealkylation sites (tertiary alicyclic amines) is 1. The van der Waals surface area contributed by atoms with E-state index in [1.807, 2.05) is 7.05 Å². The lowest BCUT2D eigenvalue weighted by atomic mass is 10.2. The van der Waals surface area contributed by atoms with E-state index in [2.05, 4.69) is 44.5 Å². The van der Waals surface area contributed by atoms with Crippen molar-refractivity contribution >= 4 is 29.9 Å². The minimum atomic E-state index is 0. The average molecular weight is 490 g/mol. The Morgan fingerprint density at radius 3 is 2.74 bits per heavy atom. The van der Waals surface area contributed by atoms with Crippen molar-refractivity contribution in [2.24, 2.45) is 4.99 Å². The van der Waals surface area contributed by atoms with Crippen molar-refractivity contribution in [1.29, 1.82) is 0 Å². The molecule has 8 heteroatoms. The molecule has 27 heavy (non-hydrogen) atoms. The van der Waals surface area contributed by atoms with E-state index < -0.39 is 0 Å². The molecule has 2 heterocycles. The highest BCUT2D eigenvalue weighted by Crippen LogP contribution is 2.26. The fraction of sp³-hybridized carbons (Fsp3) is 0.842. The van der Waals surface area contributed by atoms with E-state index in [-0.39, 0.29) is 24.0 Å². The molecule has 1 aliphatic heterocycles. The monoisotopic (exact) mass is 490 g/mol. The van der Waals surface area contributed by atoms with Crippen LogP contribution in [0, 0.1) is 0 Å². The summed E-state index contributed by atoms with van der Waals surface area (Å²) >= 11 is 0. The third-order valence-corrected chi connectivity index (χ3v) is 5.49. The number of guanidine groups is 1. The Balaban J connectivity index is 0.00000261. The van der Waals surface area contributed by atoms with Crippen molar-refractivity contribution in [1.82, 2.24) is 25.7 Å². The van der Waals surface area contributed by atoms with Crippen molar-refractivity contribution in [3.05, 3.63) is 11.7 Å². The highest BCUT2D eigenvalue weighted by atomic mass is 127. The fourth-order valence-corrected chi connectivity index (χ4v) is 3.94. The molecule has 1 unspecified atom stereocenters. The molecule has 1 aliphatic carbocycles. The topological polar surface area (TPSA) is 78.6 Å². The van der Waals surface area contributed by atoms with Gasteiger partial charge in [-0.15, -0.1) is 24.0 Å². The summed E-state index contributed by atoms with van der Waals surface area (Å²) in [5.41, 5.74) is 0. The van der Waals surface area contributed by atoms with Crippen molar-refractivity contribution in [2.45, 2.75) is 76.8 Å². The molecule has 2 fully saturated rings. The van der Waals surface area contributed by atoms with Gasteiger partial charge < -0.3 is 15.2 Å². The molecule has 1 aromatic heterocycles. The summed E-state index contributed by atoms with van der Waals surface area (Å²) in [5, 5.41) is 11.0. The first-order valence-electron chi connectivity index (χ1n) is 10.2. The normalized spacial score (nSPS) is 21.6. The molecule has 0 bridgehead atoms. The van der Waals surface area contributed by atoms with Crippen molar-refractivity contribution in [3.8, 4) is 0 Å². The van der Waals surface area contributed by atoms with Gasteiger partial charge in [-0.2, -0.15) is 4.98 Å². The lowest BCUT2D eigenvalue weighted by molar-refractivity contribution is 0.242. The molecule has 2 aliphatic rings. The van der Waals surface area contributed by atoms with Crippen LogP contribution in [0.5, 0.6) is 0 Å². The van der Waals surface area contributed by atoms with E-state index in [9.17, 15) is 0 Å². The molecular weight excluding hydrogens is 455 g/mol. The maximum Gasteiger partial charge on any atom is 0.226 e. The van der Waals surface area contributed by atoms with E-state index in [0.717, 1.165) is 49.6 Å². The lowest BCUT2D eigenvalue weighted by Crippen LogP contribution is -2.45. The summed E-state index contributed by atoms with van der Waals surface area (Å²) in [5.74, 6) is 2.72. The highest BCUT2D eigenvalue weighted by Gasteiger charge is 2.30. The first-order valence-corrected chi connectivity index (χ1v) is 10.2. The quantitative estimate of drug-likeness (QED) is 0.265. The molecule has 0 aromatic carbocycles. The molecule has 3 rings (SSSR count). The number of nitrogens with zero attached hydrogens (tertiary/aromatic N) is 4. The van der Waals surface area contributed by atoms with Crippen LogP contribution < -0.4 is 10.6 Å². The molecule has 154 valence electrons. The van der Waals surface area contributed by atoms with Gasteiger partial charge in [-0.05, 0) is 25.7 Å². The predicted molar refractivity (Wildman–Crippen MR) is 119 cm³/mol. The van der Waals surface area contributed by atoms with E-state index >= 15 is 0 Å². The van der Waals surface area contributed by atoms with Crippen molar-refractivity contribution < 1.29 is 4.52 Å². The van der Waals surface area contributed by atoms with E-state index in [4.69, 9.17) is 4.52 Å². The summed E-state index contributed by atoms with van der Waals surface area (Å²) in [6, 6.07) is 1.33. The van der Waals surface area contributed by atoms with Gasteiger partial charge >= 0.3 is 0 Å². The van der Waals surface area contributed by atoms with Gasteiger partial charge in [0.15, 0.2) is 11.8 Å². The zero-order valence-electron chi connectivity index (χ0n) is 16.9. The molecule has 2 N–H and O–H groups in total. The van der Waals surface area contributed by atoms with E-state index in [1.54, 1.807) is 0 Å². The van der Waals surface area contributed by atoms with Gasteiger partial charge in [-0.1, -0.05) is 31.8 Å². The number of aromatic nitrogens is 2. The number of halogens is 1. The zero-order chi connectivity index (χ0) is 18.4. The van der Waals surface area contributed by atoms with Gasteiger partial charge in [-0.25, -0.2) is 0 Å². The van der Waals surface area contributed by atoms with Crippen LogP contribution >= 0.6 is 24.0 Å². The molecule has 1 aromatic rings. The Kier molecular flexibility index (Phi) is 9.28. The smallest absolute Gasteiger partial charge is 0.226 e. The maximum atomic E-state index is 5.29. The highest BCUT2D eigenvalue weighted by molar-refractivity contribution is 14.0. The second-order valence-electron chi connectivity index (χ2n) is 7.87. The molecule has 1 saturated heterocycles. The number of aliphatic imine (C=N–C) groups is 1. The largest absolute Gasteiger partial charge is 0.356 e. The summed E-state index contributed by atoms with van der Waals surface area (Å²) in [6.07, 6.45) is 8.52. The van der Waals surface area contributed by atoms with Gasteiger partial charge in [0.25, 0.3) is 0 Å². The Morgan fingerprint density at radius 2 is 2.07 bits per heavy atom. The lowest BCUT2D eigenvalue weighted by Gasteiger charge is -2.24. The summed E-state index contributed by atoms with van der Waals surface area (Å²) in [4.78, 5) is 11.5. The molecule has 1 atom stereocenters. The Labute approximate surface area is 180 Å². The molecule has 0 amide bonds. The SMILES string of the molecule is CN=C(NCCCc1nc(C(C)C)no1)NC1CCN(C2CCCC2)C1.I. The van der Waals surface area contributed by atoms with Crippen LogP contribution in [0.15, 0.2) is 9.52 Å². The summed E-state index contributed by atoms with van der Waals surface area (Å²) in [6.45, 7) is 7.35. The van der Waals surface area contributed by atoms with Gasteiger partial charge in [0.05, 0.1) is 0 Å². The van der Waals surface area contributed by atoms with Crippen molar-refractivity contribution in [3.63, 3.8) is 0 Å². The second-order valence-corrected chi connectivity index (χ2v) is 7.87. The third-order valence-electron chi connectivity index (χ3n) is 5.49. The molecule has 0 spiro atoms. The first-order chi connectivity index (χ1) is 12.7. The number of hydrogen-bond donors (Lipinski definition) is 2. The van der Waals surface area contributed by atoms with Crippen LogP contribution in [-0.4, -0.2) is 59.8 Å². The van der Waals surface area contributed by atoms with Crippen LogP contribution in [0.2, 0.25) is 0 Å². The van der Waals surface area contributed by atoms with Crippen LogP contribution in [0.25, 0.3) is 0 Å². The predicted octanol–water partition coefficient (Wildman–Crippen LogP) is 2.93. The number of rotatable bonds is 7. The number of aryl methyl sites for hydroxylation is 1. The summed E-state index contributed by atoms with van der Waals surface area (Å²) < 4.78 is 5.29. The van der Waals surface area contributed by atoms with Gasteiger partial charge in [0, 0.05) is 51.1 Å². The summed E-state index contributed by atoms with van der Waals surface area (Å²) in [7, 11) is 1.84. The molecule has 1 saturated carbocycles. The fourth-order valence-electron chi connectivity index (χ4n) is 3.94. The van der Waals surface area contributed by atoms with E-state index in [1.165, 1.54) is 38.6 Å². The van der Waals surface area contributed by atoms with Gasteiger partial charge in [-0.3, -0.25) is 9.89 Å². The number of hydrogen-bond acceptors (Lipinski definition) is 5. The first kappa shape index (κ1) is 22.4.